The number of benzene rings is 1. The second-order valence-electron chi connectivity index (χ2n) is 13.0. The van der Waals surface area contributed by atoms with Crippen LogP contribution in [-0.4, -0.2) is 66.0 Å². The van der Waals surface area contributed by atoms with E-state index in [1.807, 2.05) is 57.5 Å². The van der Waals surface area contributed by atoms with E-state index in [-0.39, 0.29) is 23.8 Å². The Morgan fingerprint density at radius 3 is 2.25 bits per heavy atom. The third-order valence-corrected chi connectivity index (χ3v) is 9.36. The number of unbranched alkanes of at least 4 members (excludes halogenated alkanes) is 7. The highest BCUT2D eigenvalue weighted by Gasteiger charge is 2.44. The summed E-state index contributed by atoms with van der Waals surface area (Å²) in [4.78, 5) is 47.4. The number of hydrogen-bond donors (Lipinski definition) is 3. The zero-order valence-electron chi connectivity index (χ0n) is 27.3. The van der Waals surface area contributed by atoms with Gasteiger partial charge >= 0.3 is 0 Å². The van der Waals surface area contributed by atoms with Crippen LogP contribution in [0, 0.1) is 12.3 Å². The van der Waals surface area contributed by atoms with Crippen molar-refractivity contribution in [2.75, 3.05) is 20.2 Å². The number of nitrogens with zero attached hydrogens (tertiary/aromatic N) is 2. The van der Waals surface area contributed by atoms with E-state index in [1.54, 1.807) is 23.3 Å². The van der Waals surface area contributed by atoms with Gasteiger partial charge in [0.05, 0.1) is 22.2 Å². The van der Waals surface area contributed by atoms with E-state index in [2.05, 4.69) is 15.6 Å². The molecule has 1 saturated heterocycles. The third kappa shape index (κ3) is 10.7. The average Bonchev–Trinajstić information content (AvgIpc) is 3.63. The number of amides is 3. The van der Waals surface area contributed by atoms with Gasteiger partial charge in [0.2, 0.25) is 17.7 Å². The number of aryl methyl sites for hydroxylation is 1. The lowest BCUT2D eigenvalue weighted by molar-refractivity contribution is -0.144. The molecule has 0 unspecified atom stereocenters. The molecule has 44 heavy (non-hydrogen) atoms. The van der Waals surface area contributed by atoms with Crippen LogP contribution in [0.5, 0.6) is 0 Å². The first-order valence-corrected chi connectivity index (χ1v) is 17.0. The van der Waals surface area contributed by atoms with E-state index >= 15 is 0 Å². The van der Waals surface area contributed by atoms with Crippen molar-refractivity contribution in [2.24, 2.45) is 11.1 Å². The number of hydrogen-bond acceptors (Lipinski definition) is 7. The molecule has 0 bridgehead atoms. The molecule has 1 aliphatic rings. The highest BCUT2D eigenvalue weighted by atomic mass is 32.1. The Kier molecular flexibility index (Phi) is 14.3. The zero-order chi connectivity index (χ0) is 32.1. The number of aromatic nitrogens is 1. The predicted molar refractivity (Wildman–Crippen MR) is 177 cm³/mol. The van der Waals surface area contributed by atoms with Gasteiger partial charge < -0.3 is 26.0 Å². The molecular formula is C34H53N5O4S. The lowest BCUT2D eigenvalue weighted by atomic mass is 9.85. The number of carbonyl (C=O) groups excluding carboxylic acids is 3. The molecule has 0 aliphatic carbocycles. The lowest BCUT2D eigenvalue weighted by Gasteiger charge is -2.35. The van der Waals surface area contributed by atoms with Crippen LogP contribution in [0.4, 0.5) is 0 Å². The Hall–Kier alpha value is -2.82. The monoisotopic (exact) mass is 627 g/mol. The summed E-state index contributed by atoms with van der Waals surface area (Å²) in [5, 5.41) is 6.03. The van der Waals surface area contributed by atoms with Crippen LogP contribution in [0.3, 0.4) is 0 Å². The molecule has 2 aromatic rings. The van der Waals surface area contributed by atoms with E-state index in [4.69, 9.17) is 10.5 Å². The van der Waals surface area contributed by atoms with Crippen molar-refractivity contribution in [1.82, 2.24) is 20.5 Å². The van der Waals surface area contributed by atoms with Gasteiger partial charge in [0.1, 0.15) is 12.1 Å². The fraction of sp³-hybridized carbons (Fsp3) is 0.647. The first kappa shape index (κ1) is 35.7. The van der Waals surface area contributed by atoms with Crippen molar-refractivity contribution < 1.29 is 19.1 Å². The lowest BCUT2D eigenvalue weighted by Crippen LogP contribution is -2.57. The molecule has 1 aromatic carbocycles. The highest BCUT2D eigenvalue weighted by Crippen LogP contribution is 2.29. The Labute approximate surface area is 267 Å². The number of methoxy groups -OCH3 is 1. The third-order valence-electron chi connectivity index (χ3n) is 8.39. The standard InChI is InChI=1S/C34H53N5O4S/c1-24-30(44-23-37-24)26-17-15-25(16-18-26)21-36-32(41)28-20-27(43-5)22-39(28)33(42)31(34(2,3)4)38-29(40)14-12-10-8-6-7-9-11-13-19-35/h15-18,23,27-28,31H,6-14,19-22,35H2,1-5H3,(H,36,41)(H,38,40)/t27-,28+,31-/m1/s1. The van der Waals surface area contributed by atoms with E-state index in [1.165, 1.54) is 25.7 Å². The molecule has 3 amide bonds. The summed E-state index contributed by atoms with van der Waals surface area (Å²) in [5.41, 5.74) is 9.93. The van der Waals surface area contributed by atoms with Gasteiger partial charge in [-0.1, -0.05) is 83.6 Å². The topological polar surface area (TPSA) is 127 Å². The maximum absolute atomic E-state index is 13.9. The molecule has 0 spiro atoms. The van der Waals surface area contributed by atoms with Crippen LogP contribution in [0.25, 0.3) is 10.4 Å². The van der Waals surface area contributed by atoms with Gasteiger partial charge in [0, 0.05) is 33.0 Å². The molecule has 0 radical (unpaired) electrons. The first-order valence-electron chi connectivity index (χ1n) is 16.1. The minimum atomic E-state index is -0.744. The first-order chi connectivity index (χ1) is 21.0. The Balaban J connectivity index is 1.55. The van der Waals surface area contributed by atoms with Gasteiger partial charge in [-0.05, 0) is 42.9 Å². The average molecular weight is 628 g/mol. The van der Waals surface area contributed by atoms with Crippen molar-refractivity contribution >= 4 is 29.1 Å². The smallest absolute Gasteiger partial charge is 0.246 e. The quantitative estimate of drug-likeness (QED) is 0.203. The van der Waals surface area contributed by atoms with Crippen LogP contribution in [0.15, 0.2) is 29.8 Å². The molecule has 3 rings (SSSR count). The molecule has 9 nitrogen and oxygen atoms in total. The van der Waals surface area contributed by atoms with Crippen molar-refractivity contribution in [3.8, 4) is 10.4 Å². The van der Waals surface area contributed by atoms with Crippen LogP contribution < -0.4 is 16.4 Å². The fourth-order valence-electron chi connectivity index (χ4n) is 5.66. The predicted octanol–water partition coefficient (Wildman–Crippen LogP) is 5.35. The number of rotatable bonds is 17. The molecule has 4 N–H and O–H groups in total. The molecule has 244 valence electrons. The maximum Gasteiger partial charge on any atom is 0.246 e. The van der Waals surface area contributed by atoms with E-state index in [0.717, 1.165) is 53.9 Å². The molecule has 1 aliphatic heterocycles. The van der Waals surface area contributed by atoms with Gasteiger partial charge in [-0.15, -0.1) is 11.3 Å². The number of nitrogens with two attached hydrogens (primary N) is 1. The molecule has 3 atom stereocenters. The van der Waals surface area contributed by atoms with Crippen molar-refractivity contribution in [3.05, 3.63) is 41.0 Å². The van der Waals surface area contributed by atoms with Crippen molar-refractivity contribution in [3.63, 3.8) is 0 Å². The number of carbonyl (C=O) groups is 3. The minimum Gasteiger partial charge on any atom is -0.380 e. The summed E-state index contributed by atoms with van der Waals surface area (Å²) < 4.78 is 5.58. The van der Waals surface area contributed by atoms with Gasteiger partial charge in [-0.2, -0.15) is 0 Å². The summed E-state index contributed by atoms with van der Waals surface area (Å²) in [7, 11) is 1.60. The van der Waals surface area contributed by atoms with Crippen LogP contribution in [0.1, 0.15) is 96.2 Å². The van der Waals surface area contributed by atoms with Gasteiger partial charge in [0.25, 0.3) is 0 Å². The zero-order valence-corrected chi connectivity index (χ0v) is 28.1. The summed E-state index contributed by atoms with van der Waals surface area (Å²) >= 11 is 1.61. The van der Waals surface area contributed by atoms with Crippen LogP contribution in [-0.2, 0) is 25.7 Å². The van der Waals surface area contributed by atoms with Crippen LogP contribution >= 0.6 is 11.3 Å². The molecule has 0 saturated carbocycles. The Morgan fingerprint density at radius 2 is 1.68 bits per heavy atom. The van der Waals surface area contributed by atoms with Crippen molar-refractivity contribution in [2.45, 2.75) is 117 Å². The molecule has 10 heteroatoms. The SMILES string of the molecule is CO[C@@H]1C[C@@H](C(=O)NCc2ccc(-c3scnc3C)cc2)N(C(=O)[C@@H](NC(=O)CCCCCCCCCCN)C(C)(C)C)C1. The summed E-state index contributed by atoms with van der Waals surface area (Å²) in [6, 6.07) is 6.66. The summed E-state index contributed by atoms with van der Waals surface area (Å²) in [6.45, 7) is 9.24. The summed E-state index contributed by atoms with van der Waals surface area (Å²) in [5.74, 6) is -0.587. The van der Waals surface area contributed by atoms with Gasteiger partial charge in [0.15, 0.2) is 0 Å². The second kappa shape index (κ2) is 17.6. The van der Waals surface area contributed by atoms with Gasteiger partial charge in [-0.3, -0.25) is 14.4 Å². The normalized spacial score (nSPS) is 17.5. The number of nitrogens with one attached hydrogen (secondary N) is 2. The van der Waals surface area contributed by atoms with Crippen molar-refractivity contribution in [1.29, 1.82) is 0 Å². The Morgan fingerprint density at radius 1 is 1.05 bits per heavy atom. The number of likely N-dealkylation sites (tertiary alicyclic amines) is 1. The fourth-order valence-corrected chi connectivity index (χ4v) is 6.47. The van der Waals surface area contributed by atoms with Crippen LogP contribution in [0.2, 0.25) is 0 Å². The molecule has 2 heterocycles. The van der Waals surface area contributed by atoms with E-state index in [0.29, 0.717) is 25.9 Å². The molecule has 1 fully saturated rings. The minimum absolute atomic E-state index is 0.123. The maximum atomic E-state index is 13.9. The molecular weight excluding hydrogens is 574 g/mol. The van der Waals surface area contributed by atoms with E-state index < -0.39 is 17.5 Å². The van der Waals surface area contributed by atoms with E-state index in [9.17, 15) is 14.4 Å². The summed E-state index contributed by atoms with van der Waals surface area (Å²) in [6.07, 6.45) is 9.33. The second-order valence-corrected chi connectivity index (χ2v) is 13.9. The molecule has 1 aromatic heterocycles. The number of thiazole rings is 1. The highest BCUT2D eigenvalue weighted by molar-refractivity contribution is 7.13. The Bertz CT molecular complexity index is 1190. The number of ether oxygens (including phenoxy) is 1. The largest absolute Gasteiger partial charge is 0.380 e. The van der Waals surface area contributed by atoms with Gasteiger partial charge in [-0.25, -0.2) is 4.98 Å².